The first kappa shape index (κ1) is 15.1. The van der Waals surface area contributed by atoms with Gasteiger partial charge in [-0.25, -0.2) is 9.97 Å². The Hall–Kier alpha value is -2.47. The van der Waals surface area contributed by atoms with E-state index in [-0.39, 0.29) is 5.91 Å². The normalized spacial score (nSPS) is 13.9. The summed E-state index contributed by atoms with van der Waals surface area (Å²) in [4.78, 5) is 26.2. The van der Waals surface area contributed by atoms with Crippen molar-refractivity contribution in [3.63, 3.8) is 0 Å². The molecule has 0 saturated heterocycles. The Bertz CT molecular complexity index is 943. The van der Waals surface area contributed by atoms with Gasteiger partial charge in [0.2, 0.25) is 0 Å². The largest absolute Gasteiger partial charge is 0.355 e. The van der Waals surface area contributed by atoms with Crippen molar-refractivity contribution in [1.29, 1.82) is 0 Å². The lowest BCUT2D eigenvalue weighted by atomic mass is 10.2. The molecule has 0 bridgehead atoms. The maximum Gasteiger partial charge on any atom is 0.260 e. The van der Waals surface area contributed by atoms with Gasteiger partial charge in [0, 0.05) is 24.6 Å². The molecule has 1 aromatic heterocycles. The molecule has 0 aliphatic carbocycles. The lowest BCUT2D eigenvalue weighted by Crippen LogP contribution is -2.43. The molecular weight excluding hydrogens is 368 g/mol. The van der Waals surface area contributed by atoms with E-state index in [4.69, 9.17) is 9.97 Å². The number of hydrogen-bond donors (Lipinski definition) is 0. The molecule has 1 aliphatic heterocycles. The van der Waals surface area contributed by atoms with E-state index in [1.54, 1.807) is 4.90 Å². The predicted octanol–water partition coefficient (Wildman–Crippen LogP) is 3.49. The summed E-state index contributed by atoms with van der Waals surface area (Å²) in [7, 11) is 1.97. The highest BCUT2D eigenvalue weighted by atomic mass is 79.9. The van der Waals surface area contributed by atoms with Gasteiger partial charge < -0.3 is 4.90 Å². The lowest BCUT2D eigenvalue weighted by Gasteiger charge is -2.33. The third kappa shape index (κ3) is 2.43. The first-order chi connectivity index (χ1) is 11.6. The van der Waals surface area contributed by atoms with Gasteiger partial charge in [-0.2, -0.15) is 0 Å². The summed E-state index contributed by atoms with van der Waals surface area (Å²) in [5, 5.41) is 0. The molecule has 4 rings (SSSR count). The number of halogens is 1. The Morgan fingerprint density at radius 2 is 1.58 bits per heavy atom. The highest BCUT2D eigenvalue weighted by molar-refractivity contribution is 9.10. The van der Waals surface area contributed by atoms with Crippen molar-refractivity contribution >= 4 is 44.5 Å². The first-order valence-electron chi connectivity index (χ1n) is 7.69. The zero-order valence-electron chi connectivity index (χ0n) is 13.1. The minimum absolute atomic E-state index is 0.0681. The van der Waals surface area contributed by atoms with E-state index < -0.39 is 0 Å². The molecule has 0 saturated carbocycles. The molecule has 3 aromatic rings. The number of carbonyl (C=O) groups excluding carboxylic acids is 1. The fraction of sp³-hybridized carbons (Fsp3) is 0.167. The second-order valence-corrected chi connectivity index (χ2v) is 6.57. The Morgan fingerprint density at radius 1 is 0.958 bits per heavy atom. The Kier molecular flexibility index (Phi) is 3.69. The minimum atomic E-state index is -0.0681. The number of hydrogen-bond acceptors (Lipinski definition) is 4. The van der Waals surface area contributed by atoms with Gasteiger partial charge in [0.15, 0.2) is 11.6 Å². The van der Waals surface area contributed by atoms with Crippen LogP contribution in [0.4, 0.5) is 11.6 Å². The van der Waals surface area contributed by atoms with Crippen LogP contribution in [0.2, 0.25) is 0 Å². The van der Waals surface area contributed by atoms with Gasteiger partial charge in [0.05, 0.1) is 16.6 Å². The zero-order valence-corrected chi connectivity index (χ0v) is 14.7. The summed E-state index contributed by atoms with van der Waals surface area (Å²) in [5.41, 5.74) is 2.25. The standard InChI is InChI=1S/C18H15BrN4O/c1-22-10-11-23(18(24)12-6-2-3-7-13(12)19)17-16(22)20-14-8-4-5-9-15(14)21-17/h2-9H,10-11H2,1H3. The monoisotopic (exact) mass is 382 g/mol. The van der Waals surface area contributed by atoms with Crippen LogP contribution >= 0.6 is 15.9 Å². The average molecular weight is 383 g/mol. The fourth-order valence-electron chi connectivity index (χ4n) is 2.86. The van der Waals surface area contributed by atoms with Crippen molar-refractivity contribution in [2.45, 2.75) is 0 Å². The average Bonchev–Trinajstić information content (AvgIpc) is 2.61. The molecule has 1 amide bonds. The van der Waals surface area contributed by atoms with Crippen molar-refractivity contribution < 1.29 is 4.79 Å². The number of fused-ring (bicyclic) bond motifs is 2. The quantitative estimate of drug-likeness (QED) is 0.646. The number of carbonyl (C=O) groups is 1. The van der Waals surface area contributed by atoms with Crippen LogP contribution in [-0.2, 0) is 0 Å². The third-order valence-corrected chi connectivity index (χ3v) is 4.85. The van der Waals surface area contributed by atoms with Gasteiger partial charge in [-0.05, 0) is 40.2 Å². The van der Waals surface area contributed by atoms with Crippen molar-refractivity contribution in [1.82, 2.24) is 9.97 Å². The maximum atomic E-state index is 13.0. The van der Waals surface area contributed by atoms with E-state index in [9.17, 15) is 4.79 Å². The van der Waals surface area contributed by atoms with Crippen LogP contribution in [0.1, 0.15) is 10.4 Å². The summed E-state index contributed by atoms with van der Waals surface area (Å²) < 4.78 is 0.782. The van der Waals surface area contributed by atoms with Gasteiger partial charge in [-0.15, -0.1) is 0 Å². The molecule has 0 N–H and O–H groups in total. The van der Waals surface area contributed by atoms with E-state index in [0.717, 1.165) is 27.9 Å². The number of para-hydroxylation sites is 2. The maximum absolute atomic E-state index is 13.0. The van der Waals surface area contributed by atoms with Crippen LogP contribution < -0.4 is 9.80 Å². The molecule has 0 unspecified atom stereocenters. The Morgan fingerprint density at radius 3 is 2.29 bits per heavy atom. The van der Waals surface area contributed by atoms with Crippen LogP contribution in [-0.4, -0.2) is 36.0 Å². The van der Waals surface area contributed by atoms with Gasteiger partial charge in [-0.1, -0.05) is 24.3 Å². The number of anilines is 2. The number of likely N-dealkylation sites (N-methyl/N-ethyl adjacent to an activating group) is 1. The zero-order chi connectivity index (χ0) is 16.7. The molecule has 120 valence electrons. The van der Waals surface area contributed by atoms with E-state index >= 15 is 0 Å². The predicted molar refractivity (Wildman–Crippen MR) is 98.6 cm³/mol. The summed E-state index contributed by atoms with van der Waals surface area (Å²) >= 11 is 3.46. The smallest absolute Gasteiger partial charge is 0.260 e. The van der Waals surface area contributed by atoms with Crippen molar-refractivity contribution in [2.24, 2.45) is 0 Å². The number of aromatic nitrogens is 2. The highest BCUT2D eigenvalue weighted by Gasteiger charge is 2.29. The molecule has 0 atom stereocenters. The van der Waals surface area contributed by atoms with Crippen LogP contribution in [0.15, 0.2) is 53.0 Å². The van der Waals surface area contributed by atoms with E-state index in [1.807, 2.05) is 60.5 Å². The highest BCUT2D eigenvalue weighted by Crippen LogP contribution is 2.32. The number of benzene rings is 2. The summed E-state index contributed by atoms with van der Waals surface area (Å²) in [5.74, 6) is 1.28. The second-order valence-electron chi connectivity index (χ2n) is 5.72. The minimum Gasteiger partial charge on any atom is -0.355 e. The first-order valence-corrected chi connectivity index (χ1v) is 8.49. The van der Waals surface area contributed by atoms with Crippen LogP contribution in [0.5, 0.6) is 0 Å². The molecule has 5 nitrogen and oxygen atoms in total. The molecule has 1 aliphatic rings. The van der Waals surface area contributed by atoms with Crippen molar-refractivity contribution in [2.75, 3.05) is 29.9 Å². The van der Waals surface area contributed by atoms with Crippen molar-refractivity contribution in [3.8, 4) is 0 Å². The third-order valence-electron chi connectivity index (χ3n) is 4.16. The number of nitrogens with zero attached hydrogens (tertiary/aromatic N) is 4. The SMILES string of the molecule is CN1CCN(C(=O)c2ccccc2Br)c2nc3ccccc3nc21. The molecule has 2 heterocycles. The Balaban J connectivity index is 1.85. The van der Waals surface area contributed by atoms with Crippen LogP contribution in [0.25, 0.3) is 11.0 Å². The fourth-order valence-corrected chi connectivity index (χ4v) is 3.31. The van der Waals surface area contributed by atoms with Crippen molar-refractivity contribution in [3.05, 3.63) is 58.6 Å². The van der Waals surface area contributed by atoms with Gasteiger partial charge in [0.1, 0.15) is 0 Å². The summed E-state index contributed by atoms with van der Waals surface area (Å²) in [6, 6.07) is 15.2. The molecule has 0 radical (unpaired) electrons. The number of amides is 1. The van der Waals surface area contributed by atoms with Crippen LogP contribution in [0.3, 0.4) is 0 Å². The summed E-state index contributed by atoms with van der Waals surface area (Å²) in [6.07, 6.45) is 0. The lowest BCUT2D eigenvalue weighted by molar-refractivity contribution is 0.0985. The molecule has 0 fully saturated rings. The summed E-state index contributed by atoms with van der Waals surface area (Å²) in [6.45, 7) is 1.30. The topological polar surface area (TPSA) is 49.3 Å². The molecule has 0 spiro atoms. The van der Waals surface area contributed by atoms with Gasteiger partial charge >= 0.3 is 0 Å². The van der Waals surface area contributed by atoms with E-state index in [0.29, 0.717) is 17.9 Å². The van der Waals surface area contributed by atoms with Gasteiger partial charge in [0.25, 0.3) is 5.91 Å². The molecule has 6 heteroatoms. The molecule has 2 aromatic carbocycles. The Labute approximate surface area is 148 Å². The van der Waals surface area contributed by atoms with E-state index in [2.05, 4.69) is 15.9 Å². The van der Waals surface area contributed by atoms with E-state index in [1.165, 1.54) is 0 Å². The van der Waals surface area contributed by atoms with Gasteiger partial charge in [-0.3, -0.25) is 9.69 Å². The molecule has 24 heavy (non-hydrogen) atoms. The number of rotatable bonds is 1. The van der Waals surface area contributed by atoms with Crippen LogP contribution in [0, 0.1) is 0 Å². The molecular formula is C18H15BrN4O. The second kappa shape index (κ2) is 5.87.